The molecule has 2 N–H and O–H groups in total. The molecule has 24 heavy (non-hydrogen) atoms. The molecule has 0 saturated carbocycles. The van der Waals surface area contributed by atoms with Crippen molar-refractivity contribution in [3.05, 3.63) is 29.8 Å². The Hall–Kier alpha value is -2.61. The zero-order valence-electron chi connectivity index (χ0n) is 13.1. The van der Waals surface area contributed by atoms with Gasteiger partial charge in [0.15, 0.2) is 0 Å². The van der Waals surface area contributed by atoms with Gasteiger partial charge in [0.2, 0.25) is 0 Å². The van der Waals surface area contributed by atoms with Crippen molar-refractivity contribution in [3.8, 4) is 0 Å². The molecule has 2 heterocycles. The highest BCUT2D eigenvalue weighted by atomic mass is 16.5. The molecular formula is C16H19N3O5. The van der Waals surface area contributed by atoms with Gasteiger partial charge in [0.05, 0.1) is 25.7 Å². The fourth-order valence-corrected chi connectivity index (χ4v) is 2.96. The van der Waals surface area contributed by atoms with Crippen LogP contribution in [0.1, 0.15) is 16.8 Å². The lowest BCUT2D eigenvalue weighted by atomic mass is 10.1. The number of carbonyl (C=O) groups is 3. The van der Waals surface area contributed by atoms with Crippen molar-refractivity contribution < 1.29 is 24.2 Å². The lowest BCUT2D eigenvalue weighted by Crippen LogP contribution is -2.49. The molecule has 3 rings (SSSR count). The van der Waals surface area contributed by atoms with Crippen LogP contribution in [0.3, 0.4) is 0 Å². The van der Waals surface area contributed by atoms with Crippen molar-refractivity contribution in [2.75, 3.05) is 37.7 Å². The second-order valence-corrected chi connectivity index (χ2v) is 5.76. The maximum atomic E-state index is 12.7. The second kappa shape index (κ2) is 6.88. The first-order chi connectivity index (χ1) is 11.6. The molecule has 8 heteroatoms. The summed E-state index contributed by atoms with van der Waals surface area (Å²) in [6, 6.07) is 6.17. The maximum Gasteiger partial charge on any atom is 0.321 e. The number of benzene rings is 1. The molecule has 0 aromatic heterocycles. The Morgan fingerprint density at radius 2 is 2.00 bits per heavy atom. The zero-order chi connectivity index (χ0) is 17.1. The molecule has 1 unspecified atom stereocenters. The lowest BCUT2D eigenvalue weighted by molar-refractivity contribution is -0.139. The smallest absolute Gasteiger partial charge is 0.321 e. The van der Waals surface area contributed by atoms with Crippen LogP contribution in [0.25, 0.3) is 0 Å². The van der Waals surface area contributed by atoms with Gasteiger partial charge in [-0.05, 0) is 24.3 Å². The van der Waals surface area contributed by atoms with Crippen LogP contribution < -0.4 is 10.2 Å². The normalized spacial score (nSPS) is 20.8. The number of anilines is 1. The number of amides is 3. The van der Waals surface area contributed by atoms with Gasteiger partial charge in [-0.25, -0.2) is 4.79 Å². The molecular weight excluding hydrogens is 314 g/mol. The van der Waals surface area contributed by atoms with E-state index in [0.29, 0.717) is 31.8 Å². The Balaban J connectivity index is 1.73. The minimum Gasteiger partial charge on any atom is -0.481 e. The number of hydrogen-bond donors (Lipinski definition) is 2. The van der Waals surface area contributed by atoms with Gasteiger partial charge in [-0.3, -0.25) is 14.5 Å². The van der Waals surface area contributed by atoms with Crippen molar-refractivity contribution in [1.82, 2.24) is 10.2 Å². The number of ether oxygens (including phenoxy) is 1. The molecule has 1 aromatic rings. The summed E-state index contributed by atoms with van der Waals surface area (Å²) in [6.45, 7) is 2.19. The Kier molecular flexibility index (Phi) is 4.66. The highest BCUT2D eigenvalue weighted by molar-refractivity contribution is 5.97. The Morgan fingerprint density at radius 1 is 1.25 bits per heavy atom. The summed E-state index contributed by atoms with van der Waals surface area (Å²) in [5, 5.41) is 11.7. The van der Waals surface area contributed by atoms with Gasteiger partial charge < -0.3 is 20.1 Å². The first kappa shape index (κ1) is 16.3. The summed E-state index contributed by atoms with van der Waals surface area (Å²) >= 11 is 0. The number of hydrogen-bond acceptors (Lipinski definition) is 4. The topological polar surface area (TPSA) is 99.2 Å². The van der Waals surface area contributed by atoms with E-state index < -0.39 is 12.0 Å². The van der Waals surface area contributed by atoms with Crippen LogP contribution >= 0.6 is 0 Å². The minimum absolute atomic E-state index is 0.141. The van der Waals surface area contributed by atoms with Crippen molar-refractivity contribution in [2.24, 2.45) is 0 Å². The third-order valence-electron chi connectivity index (χ3n) is 4.18. The lowest BCUT2D eigenvalue weighted by Gasteiger charge is -2.35. The molecule has 3 amide bonds. The fourth-order valence-electron chi connectivity index (χ4n) is 2.96. The average molecular weight is 333 g/mol. The number of carboxylic acids is 1. The predicted octanol–water partition coefficient (Wildman–Crippen LogP) is 0.532. The van der Waals surface area contributed by atoms with Crippen LogP contribution in [0.15, 0.2) is 24.3 Å². The van der Waals surface area contributed by atoms with E-state index in [2.05, 4.69) is 5.32 Å². The van der Waals surface area contributed by atoms with Gasteiger partial charge in [-0.2, -0.15) is 0 Å². The molecule has 1 atom stereocenters. The van der Waals surface area contributed by atoms with E-state index in [0.717, 1.165) is 5.69 Å². The van der Waals surface area contributed by atoms with E-state index in [-0.39, 0.29) is 25.0 Å². The van der Waals surface area contributed by atoms with Crippen LogP contribution in [0.5, 0.6) is 0 Å². The molecule has 2 aliphatic heterocycles. The van der Waals surface area contributed by atoms with E-state index in [1.54, 1.807) is 34.1 Å². The molecule has 0 spiro atoms. The molecule has 2 fully saturated rings. The van der Waals surface area contributed by atoms with Crippen LogP contribution in [0.2, 0.25) is 0 Å². The Morgan fingerprint density at radius 3 is 2.62 bits per heavy atom. The van der Waals surface area contributed by atoms with Crippen LogP contribution in [0, 0.1) is 0 Å². The van der Waals surface area contributed by atoms with Gasteiger partial charge in [0.25, 0.3) is 5.91 Å². The summed E-state index contributed by atoms with van der Waals surface area (Å²) in [5.41, 5.74) is 1.20. The molecule has 0 bridgehead atoms. The van der Waals surface area contributed by atoms with E-state index in [9.17, 15) is 14.4 Å². The Labute approximate surface area is 139 Å². The Bertz CT molecular complexity index is 646. The SMILES string of the molecule is O=C(O)CC1COCCN1C(=O)c1ccc(N2CCNC2=O)cc1. The van der Waals surface area contributed by atoms with E-state index in [1.165, 1.54) is 0 Å². The molecule has 0 radical (unpaired) electrons. The van der Waals surface area contributed by atoms with Crippen LogP contribution in [-0.2, 0) is 9.53 Å². The summed E-state index contributed by atoms with van der Waals surface area (Å²) in [4.78, 5) is 38.4. The summed E-state index contributed by atoms with van der Waals surface area (Å²) < 4.78 is 5.29. The van der Waals surface area contributed by atoms with E-state index in [1.807, 2.05) is 0 Å². The molecule has 1 aromatic carbocycles. The fraction of sp³-hybridized carbons (Fsp3) is 0.438. The summed E-state index contributed by atoms with van der Waals surface area (Å²) in [6.07, 6.45) is -0.141. The standard InChI is InChI=1S/C16H19N3O5/c20-14(21)9-13-10-24-8-7-18(13)15(22)11-1-3-12(4-2-11)19-6-5-17-16(19)23/h1-4,13H,5-10H2,(H,17,23)(H,20,21). The number of nitrogens with one attached hydrogen (secondary N) is 1. The monoisotopic (exact) mass is 333 g/mol. The van der Waals surface area contributed by atoms with Gasteiger partial charge in [0, 0.05) is 30.9 Å². The van der Waals surface area contributed by atoms with Crippen LogP contribution in [0.4, 0.5) is 10.5 Å². The number of carboxylic acid groups (broad SMARTS) is 1. The van der Waals surface area contributed by atoms with Gasteiger partial charge in [-0.1, -0.05) is 0 Å². The molecule has 128 valence electrons. The third-order valence-corrected chi connectivity index (χ3v) is 4.18. The molecule has 8 nitrogen and oxygen atoms in total. The van der Waals surface area contributed by atoms with Crippen molar-refractivity contribution in [1.29, 1.82) is 0 Å². The van der Waals surface area contributed by atoms with E-state index >= 15 is 0 Å². The minimum atomic E-state index is -0.960. The second-order valence-electron chi connectivity index (χ2n) is 5.76. The number of rotatable bonds is 4. The zero-order valence-corrected chi connectivity index (χ0v) is 13.1. The number of aliphatic carboxylic acids is 1. The predicted molar refractivity (Wildman–Crippen MR) is 85.1 cm³/mol. The first-order valence-corrected chi connectivity index (χ1v) is 7.82. The molecule has 2 aliphatic rings. The maximum absolute atomic E-state index is 12.7. The third kappa shape index (κ3) is 3.33. The van der Waals surface area contributed by atoms with Gasteiger partial charge >= 0.3 is 12.0 Å². The average Bonchev–Trinajstić information content (AvgIpc) is 3.00. The highest BCUT2D eigenvalue weighted by Gasteiger charge is 2.30. The molecule has 0 aliphatic carbocycles. The van der Waals surface area contributed by atoms with Gasteiger partial charge in [0.1, 0.15) is 0 Å². The van der Waals surface area contributed by atoms with Crippen molar-refractivity contribution in [2.45, 2.75) is 12.5 Å². The molecule has 2 saturated heterocycles. The highest BCUT2D eigenvalue weighted by Crippen LogP contribution is 2.20. The largest absolute Gasteiger partial charge is 0.481 e. The summed E-state index contributed by atoms with van der Waals surface area (Å²) in [7, 11) is 0. The number of nitrogens with zero attached hydrogens (tertiary/aromatic N) is 2. The van der Waals surface area contributed by atoms with Crippen LogP contribution in [-0.4, -0.2) is 66.8 Å². The van der Waals surface area contributed by atoms with E-state index in [4.69, 9.17) is 9.84 Å². The quantitative estimate of drug-likeness (QED) is 0.837. The van der Waals surface area contributed by atoms with Crippen molar-refractivity contribution >= 4 is 23.6 Å². The summed E-state index contributed by atoms with van der Waals surface area (Å²) in [5.74, 6) is -1.18. The number of carbonyl (C=O) groups excluding carboxylic acids is 2. The number of urea groups is 1. The van der Waals surface area contributed by atoms with Crippen molar-refractivity contribution in [3.63, 3.8) is 0 Å². The first-order valence-electron chi connectivity index (χ1n) is 7.82. The number of morpholine rings is 1. The van der Waals surface area contributed by atoms with Gasteiger partial charge in [-0.15, -0.1) is 0 Å².